The fraction of sp³-hybridized carbons (Fsp3) is 0.737. The summed E-state index contributed by atoms with van der Waals surface area (Å²) in [5.41, 5.74) is 2.39. The molecule has 1 aromatic heterocycles. The highest BCUT2D eigenvalue weighted by molar-refractivity contribution is 5.81. The number of rotatable bonds is 3. The van der Waals surface area contributed by atoms with Crippen LogP contribution in [0, 0.1) is 0 Å². The number of ether oxygens (including phenoxy) is 1. The maximum atomic E-state index is 13.0. The molecule has 4 rings (SSSR count). The fourth-order valence-corrected chi connectivity index (χ4v) is 4.22. The van der Waals surface area contributed by atoms with Crippen LogP contribution in [0.25, 0.3) is 0 Å². The number of carbonyl (C=O) groups excluding carboxylic acids is 1. The van der Waals surface area contributed by atoms with Gasteiger partial charge >= 0.3 is 0 Å². The lowest BCUT2D eigenvalue weighted by molar-refractivity contribution is -0.139. The monoisotopic (exact) mass is 359 g/mol. The molecule has 3 aliphatic rings. The Bertz CT molecular complexity index is 647. The number of fused-ring (bicyclic) bond motifs is 1. The van der Waals surface area contributed by atoms with Gasteiger partial charge in [-0.1, -0.05) is 0 Å². The number of hydrogen-bond donors (Lipinski definition) is 1. The van der Waals surface area contributed by atoms with Crippen LogP contribution in [0.2, 0.25) is 0 Å². The molecule has 0 aromatic carbocycles. The first-order valence-corrected chi connectivity index (χ1v) is 9.88. The molecule has 7 heteroatoms. The first kappa shape index (κ1) is 17.8. The number of morpholine rings is 1. The van der Waals surface area contributed by atoms with Crippen molar-refractivity contribution in [2.24, 2.45) is 0 Å². The van der Waals surface area contributed by atoms with E-state index in [2.05, 4.69) is 15.2 Å². The summed E-state index contributed by atoms with van der Waals surface area (Å²) in [5.74, 6) is 1.41. The van der Waals surface area contributed by atoms with Crippen molar-refractivity contribution in [2.45, 2.75) is 44.7 Å². The molecule has 2 fully saturated rings. The van der Waals surface area contributed by atoms with E-state index in [1.165, 1.54) is 11.3 Å². The summed E-state index contributed by atoms with van der Waals surface area (Å²) < 4.78 is 5.41. The summed E-state index contributed by atoms with van der Waals surface area (Å²) in [6.45, 7) is 8.58. The van der Waals surface area contributed by atoms with E-state index in [1.54, 1.807) is 0 Å². The third-order valence-corrected chi connectivity index (χ3v) is 5.88. The molecule has 0 aliphatic carbocycles. The number of carbonyl (C=O) groups is 1. The van der Waals surface area contributed by atoms with Gasteiger partial charge in [0.1, 0.15) is 5.82 Å². The van der Waals surface area contributed by atoms with E-state index in [0.717, 1.165) is 77.6 Å². The van der Waals surface area contributed by atoms with Crippen molar-refractivity contribution in [3.63, 3.8) is 0 Å². The highest BCUT2D eigenvalue weighted by atomic mass is 16.5. The van der Waals surface area contributed by atoms with Gasteiger partial charge in [-0.25, -0.2) is 9.97 Å². The number of amides is 1. The van der Waals surface area contributed by atoms with Crippen molar-refractivity contribution >= 4 is 5.91 Å². The van der Waals surface area contributed by atoms with E-state index in [4.69, 9.17) is 9.72 Å². The topological polar surface area (TPSA) is 70.6 Å². The van der Waals surface area contributed by atoms with E-state index in [0.29, 0.717) is 0 Å². The van der Waals surface area contributed by atoms with E-state index in [-0.39, 0.29) is 17.9 Å². The van der Waals surface area contributed by atoms with Gasteiger partial charge in [0.05, 0.1) is 19.3 Å². The van der Waals surface area contributed by atoms with Crippen molar-refractivity contribution in [3.05, 3.63) is 23.3 Å². The Morgan fingerprint density at radius 3 is 3.04 bits per heavy atom. The molecule has 4 heterocycles. The minimum atomic E-state index is -0.0758. The Morgan fingerprint density at radius 2 is 2.19 bits per heavy atom. The number of nitrogens with zero attached hydrogens (tertiary/aromatic N) is 4. The summed E-state index contributed by atoms with van der Waals surface area (Å²) in [5, 5.41) is 3.36. The summed E-state index contributed by atoms with van der Waals surface area (Å²) in [4.78, 5) is 26.7. The van der Waals surface area contributed by atoms with Crippen molar-refractivity contribution in [1.82, 2.24) is 25.1 Å². The molecule has 2 saturated heterocycles. The fourth-order valence-electron chi connectivity index (χ4n) is 4.22. The van der Waals surface area contributed by atoms with Crippen LogP contribution in [0.15, 0.2) is 6.20 Å². The zero-order valence-electron chi connectivity index (χ0n) is 15.6. The van der Waals surface area contributed by atoms with Crippen molar-refractivity contribution in [3.8, 4) is 0 Å². The van der Waals surface area contributed by atoms with Gasteiger partial charge in [-0.2, -0.15) is 0 Å². The van der Waals surface area contributed by atoms with Gasteiger partial charge in [-0.3, -0.25) is 9.69 Å². The van der Waals surface area contributed by atoms with Gasteiger partial charge in [0.15, 0.2) is 0 Å². The van der Waals surface area contributed by atoms with Crippen LogP contribution in [-0.2, 0) is 22.5 Å². The van der Waals surface area contributed by atoms with Crippen LogP contribution in [0.1, 0.15) is 42.8 Å². The summed E-state index contributed by atoms with van der Waals surface area (Å²) in [6, 6.07) is -0.0758. The third-order valence-electron chi connectivity index (χ3n) is 5.88. The lowest BCUT2D eigenvalue weighted by Crippen LogP contribution is -2.52. The van der Waals surface area contributed by atoms with E-state index in [1.807, 2.05) is 18.0 Å². The van der Waals surface area contributed by atoms with Crippen LogP contribution in [0.4, 0.5) is 0 Å². The Hall–Kier alpha value is -1.57. The van der Waals surface area contributed by atoms with Gasteiger partial charge in [0, 0.05) is 69.1 Å². The molecule has 0 unspecified atom stereocenters. The Labute approximate surface area is 155 Å². The summed E-state index contributed by atoms with van der Waals surface area (Å²) in [7, 11) is 0. The number of aromatic nitrogens is 2. The minimum absolute atomic E-state index is 0.0758. The van der Waals surface area contributed by atoms with Crippen molar-refractivity contribution in [2.75, 3.05) is 45.9 Å². The molecule has 0 radical (unpaired) electrons. The molecule has 1 amide bonds. The maximum Gasteiger partial charge on any atom is 0.239 e. The molecular weight excluding hydrogens is 330 g/mol. The van der Waals surface area contributed by atoms with Crippen LogP contribution >= 0.6 is 0 Å². The van der Waals surface area contributed by atoms with Gasteiger partial charge in [0.2, 0.25) is 5.91 Å². The Balaban J connectivity index is 1.43. The number of hydrogen-bond acceptors (Lipinski definition) is 6. The van der Waals surface area contributed by atoms with E-state index < -0.39 is 0 Å². The second-order valence-corrected chi connectivity index (χ2v) is 7.57. The third kappa shape index (κ3) is 3.75. The largest absolute Gasteiger partial charge is 0.379 e. The average Bonchev–Trinajstić information content (AvgIpc) is 2.73. The molecule has 2 atom stereocenters. The molecule has 26 heavy (non-hydrogen) atoms. The summed E-state index contributed by atoms with van der Waals surface area (Å²) in [6.07, 6.45) is 5.02. The van der Waals surface area contributed by atoms with Crippen molar-refractivity contribution in [1.29, 1.82) is 0 Å². The molecular formula is C19H29N5O2. The highest BCUT2D eigenvalue weighted by Gasteiger charge is 2.32. The Morgan fingerprint density at radius 1 is 1.35 bits per heavy atom. The predicted octanol–water partition coefficient (Wildman–Crippen LogP) is 0.549. The number of nitrogens with one attached hydrogen (secondary N) is 1. The molecule has 0 bridgehead atoms. The molecule has 1 N–H and O–H groups in total. The second-order valence-electron chi connectivity index (χ2n) is 7.57. The Kier molecular flexibility index (Phi) is 5.47. The van der Waals surface area contributed by atoms with Crippen molar-refractivity contribution < 1.29 is 9.53 Å². The van der Waals surface area contributed by atoms with Crippen LogP contribution in [0.5, 0.6) is 0 Å². The van der Waals surface area contributed by atoms with E-state index >= 15 is 0 Å². The molecule has 7 nitrogen and oxygen atoms in total. The van der Waals surface area contributed by atoms with Gasteiger partial charge < -0.3 is 15.0 Å². The smallest absolute Gasteiger partial charge is 0.239 e. The quantitative estimate of drug-likeness (QED) is 0.850. The SMILES string of the molecule is C[C@@H](C(=O)N1CCC[C@H](c2ncc3c(n2)CCNC3)C1)N1CCOCC1. The highest BCUT2D eigenvalue weighted by Crippen LogP contribution is 2.26. The maximum absolute atomic E-state index is 13.0. The average molecular weight is 359 g/mol. The lowest BCUT2D eigenvalue weighted by Gasteiger charge is -2.38. The first-order chi connectivity index (χ1) is 12.7. The van der Waals surface area contributed by atoms with Gasteiger partial charge in [0.25, 0.3) is 0 Å². The summed E-state index contributed by atoms with van der Waals surface area (Å²) >= 11 is 0. The minimum Gasteiger partial charge on any atom is -0.379 e. The molecule has 3 aliphatic heterocycles. The predicted molar refractivity (Wildman–Crippen MR) is 97.9 cm³/mol. The lowest BCUT2D eigenvalue weighted by atomic mass is 9.96. The number of piperidine rings is 1. The van der Waals surface area contributed by atoms with Crippen LogP contribution in [-0.4, -0.2) is 77.7 Å². The van der Waals surface area contributed by atoms with Crippen LogP contribution < -0.4 is 5.32 Å². The molecule has 142 valence electrons. The second kappa shape index (κ2) is 7.98. The standard InChI is InChI=1S/C19H29N5O2/c1-14(23-7-9-26-10-8-23)19(25)24-6-2-3-15(13-24)18-21-12-16-11-20-5-4-17(16)22-18/h12,14-15,20H,2-11,13H2,1H3/t14-,15-/m0/s1. The molecule has 0 spiro atoms. The van der Waals surface area contributed by atoms with Gasteiger partial charge in [-0.05, 0) is 19.8 Å². The van der Waals surface area contributed by atoms with E-state index in [9.17, 15) is 4.79 Å². The van der Waals surface area contributed by atoms with Gasteiger partial charge in [-0.15, -0.1) is 0 Å². The van der Waals surface area contributed by atoms with Crippen LogP contribution in [0.3, 0.4) is 0 Å². The molecule has 1 aromatic rings. The molecule has 0 saturated carbocycles. The zero-order valence-corrected chi connectivity index (χ0v) is 15.6. The zero-order chi connectivity index (χ0) is 17.9. The first-order valence-electron chi connectivity index (χ1n) is 9.88. The number of likely N-dealkylation sites (tertiary alicyclic amines) is 1. The normalized spacial score (nSPS) is 25.6.